The Kier molecular flexibility index (Phi) is 5.15. The fourth-order valence-corrected chi connectivity index (χ4v) is 4.06. The SMILES string of the molecule is COc1ccc2[nH]cc([C@H](C(=O)O)N3CCN(c4cccc(Cl)c4)CC3)c2c1. The van der Waals surface area contributed by atoms with Crippen LogP contribution in [0.5, 0.6) is 5.75 Å². The number of methoxy groups -OCH3 is 1. The van der Waals surface area contributed by atoms with Gasteiger partial charge in [-0.25, -0.2) is 0 Å². The Morgan fingerprint density at radius 3 is 2.64 bits per heavy atom. The van der Waals surface area contributed by atoms with E-state index in [-0.39, 0.29) is 0 Å². The summed E-state index contributed by atoms with van der Waals surface area (Å²) in [5.41, 5.74) is 2.73. The van der Waals surface area contributed by atoms with E-state index in [4.69, 9.17) is 16.3 Å². The molecular weight excluding hydrogens is 378 g/mol. The van der Waals surface area contributed by atoms with Gasteiger partial charge in [0.25, 0.3) is 0 Å². The number of halogens is 1. The largest absolute Gasteiger partial charge is 0.497 e. The second-order valence-electron chi connectivity index (χ2n) is 6.90. The molecule has 7 heteroatoms. The van der Waals surface area contributed by atoms with Crippen molar-refractivity contribution in [2.24, 2.45) is 0 Å². The number of aliphatic carboxylic acids is 1. The van der Waals surface area contributed by atoms with E-state index in [1.54, 1.807) is 13.3 Å². The quantitative estimate of drug-likeness (QED) is 0.683. The van der Waals surface area contributed by atoms with Crippen LogP contribution in [0.1, 0.15) is 11.6 Å². The van der Waals surface area contributed by atoms with Gasteiger partial charge in [0.15, 0.2) is 0 Å². The molecule has 3 aromatic rings. The molecule has 28 heavy (non-hydrogen) atoms. The zero-order valence-electron chi connectivity index (χ0n) is 15.6. The lowest BCUT2D eigenvalue weighted by atomic mass is 10.0. The molecule has 0 saturated carbocycles. The maximum Gasteiger partial charge on any atom is 0.325 e. The van der Waals surface area contributed by atoms with Crippen molar-refractivity contribution < 1.29 is 14.6 Å². The molecule has 146 valence electrons. The summed E-state index contributed by atoms with van der Waals surface area (Å²) in [6, 6.07) is 12.7. The molecule has 0 aliphatic carbocycles. The van der Waals surface area contributed by atoms with Crippen molar-refractivity contribution in [2.45, 2.75) is 6.04 Å². The Labute approximate surface area is 168 Å². The van der Waals surface area contributed by atoms with Gasteiger partial charge < -0.3 is 19.7 Å². The lowest BCUT2D eigenvalue weighted by molar-refractivity contribution is -0.143. The first-order chi connectivity index (χ1) is 13.6. The molecule has 0 bridgehead atoms. The van der Waals surface area contributed by atoms with Crippen molar-refractivity contribution in [2.75, 3.05) is 38.2 Å². The fourth-order valence-electron chi connectivity index (χ4n) is 3.87. The lowest BCUT2D eigenvalue weighted by Crippen LogP contribution is -2.49. The molecule has 4 rings (SSSR count). The third kappa shape index (κ3) is 3.53. The number of anilines is 1. The molecule has 1 aliphatic rings. The Morgan fingerprint density at radius 1 is 1.18 bits per heavy atom. The smallest absolute Gasteiger partial charge is 0.325 e. The van der Waals surface area contributed by atoms with E-state index in [9.17, 15) is 9.90 Å². The van der Waals surface area contributed by atoms with Crippen LogP contribution in [-0.4, -0.2) is 54.2 Å². The van der Waals surface area contributed by atoms with Crippen molar-refractivity contribution >= 4 is 34.2 Å². The highest BCUT2D eigenvalue weighted by Crippen LogP contribution is 2.32. The molecular formula is C21H22ClN3O3. The summed E-state index contributed by atoms with van der Waals surface area (Å²) in [5, 5.41) is 11.6. The number of aromatic nitrogens is 1. The zero-order valence-corrected chi connectivity index (χ0v) is 16.3. The third-order valence-corrected chi connectivity index (χ3v) is 5.54. The minimum Gasteiger partial charge on any atom is -0.497 e. The molecule has 0 unspecified atom stereocenters. The van der Waals surface area contributed by atoms with Crippen molar-refractivity contribution in [3.05, 3.63) is 59.2 Å². The van der Waals surface area contributed by atoms with Gasteiger partial charge in [-0.2, -0.15) is 0 Å². The number of benzene rings is 2. The Morgan fingerprint density at radius 2 is 1.96 bits per heavy atom. The lowest BCUT2D eigenvalue weighted by Gasteiger charge is -2.38. The zero-order chi connectivity index (χ0) is 19.7. The van der Waals surface area contributed by atoms with E-state index in [0.29, 0.717) is 23.9 Å². The monoisotopic (exact) mass is 399 g/mol. The number of carbonyl (C=O) groups is 1. The number of hydrogen-bond acceptors (Lipinski definition) is 4. The van der Waals surface area contributed by atoms with Gasteiger partial charge in [0.1, 0.15) is 11.8 Å². The van der Waals surface area contributed by atoms with E-state index in [1.165, 1.54) is 0 Å². The van der Waals surface area contributed by atoms with Crippen molar-refractivity contribution in [3.63, 3.8) is 0 Å². The summed E-state index contributed by atoms with van der Waals surface area (Å²) in [7, 11) is 1.61. The highest BCUT2D eigenvalue weighted by molar-refractivity contribution is 6.30. The van der Waals surface area contributed by atoms with Crippen LogP contribution in [0.2, 0.25) is 5.02 Å². The van der Waals surface area contributed by atoms with Crippen LogP contribution in [0.3, 0.4) is 0 Å². The predicted octanol–water partition coefficient (Wildman–Crippen LogP) is 3.78. The van der Waals surface area contributed by atoms with E-state index in [2.05, 4.69) is 9.88 Å². The van der Waals surface area contributed by atoms with Gasteiger partial charge in [0, 0.05) is 59.6 Å². The molecule has 6 nitrogen and oxygen atoms in total. The first-order valence-corrected chi connectivity index (χ1v) is 9.57. The van der Waals surface area contributed by atoms with Gasteiger partial charge in [-0.05, 0) is 36.4 Å². The van der Waals surface area contributed by atoms with Crippen LogP contribution in [-0.2, 0) is 4.79 Å². The van der Waals surface area contributed by atoms with Crippen LogP contribution < -0.4 is 9.64 Å². The first kappa shape index (κ1) is 18.7. The number of carboxylic acids is 1. The van der Waals surface area contributed by atoms with E-state index >= 15 is 0 Å². The number of H-pyrrole nitrogens is 1. The summed E-state index contributed by atoms with van der Waals surface area (Å²) >= 11 is 6.10. The topological polar surface area (TPSA) is 68.8 Å². The second-order valence-corrected chi connectivity index (χ2v) is 7.34. The molecule has 1 aliphatic heterocycles. The number of ether oxygens (including phenoxy) is 1. The van der Waals surface area contributed by atoms with Crippen LogP contribution in [0.25, 0.3) is 10.9 Å². The molecule has 2 N–H and O–H groups in total. The van der Waals surface area contributed by atoms with E-state index in [0.717, 1.165) is 35.2 Å². The van der Waals surface area contributed by atoms with Gasteiger partial charge >= 0.3 is 5.97 Å². The molecule has 1 fully saturated rings. The first-order valence-electron chi connectivity index (χ1n) is 9.19. The molecule has 2 heterocycles. The molecule has 0 amide bonds. The van der Waals surface area contributed by atoms with Crippen LogP contribution in [0, 0.1) is 0 Å². The number of aromatic amines is 1. The van der Waals surface area contributed by atoms with Crippen LogP contribution in [0.4, 0.5) is 5.69 Å². The maximum absolute atomic E-state index is 12.2. The molecule has 2 aromatic carbocycles. The predicted molar refractivity (Wildman–Crippen MR) is 110 cm³/mol. The summed E-state index contributed by atoms with van der Waals surface area (Å²) in [4.78, 5) is 19.6. The summed E-state index contributed by atoms with van der Waals surface area (Å²) in [6.45, 7) is 2.80. The minimum absolute atomic E-state index is 0.653. The van der Waals surface area contributed by atoms with Gasteiger partial charge in [-0.3, -0.25) is 9.69 Å². The highest BCUT2D eigenvalue weighted by atomic mass is 35.5. The summed E-state index contributed by atoms with van der Waals surface area (Å²) in [5.74, 6) is -0.136. The number of hydrogen-bond donors (Lipinski definition) is 2. The van der Waals surface area contributed by atoms with Crippen molar-refractivity contribution in [1.29, 1.82) is 0 Å². The maximum atomic E-state index is 12.2. The molecule has 1 atom stereocenters. The highest BCUT2D eigenvalue weighted by Gasteiger charge is 2.32. The fraction of sp³-hybridized carbons (Fsp3) is 0.286. The van der Waals surface area contributed by atoms with Gasteiger partial charge in [0.05, 0.1) is 7.11 Å². The molecule has 0 radical (unpaired) electrons. The Hall–Kier alpha value is -2.70. The minimum atomic E-state index is -0.847. The Bertz CT molecular complexity index is 995. The van der Waals surface area contributed by atoms with Gasteiger partial charge in [-0.1, -0.05) is 17.7 Å². The van der Waals surface area contributed by atoms with Crippen LogP contribution >= 0.6 is 11.6 Å². The van der Waals surface area contributed by atoms with E-state index < -0.39 is 12.0 Å². The molecule has 1 saturated heterocycles. The number of nitrogens with one attached hydrogen (secondary N) is 1. The Balaban J connectivity index is 1.58. The normalized spacial score (nSPS) is 16.3. The average Bonchev–Trinajstić information content (AvgIpc) is 3.11. The van der Waals surface area contributed by atoms with Crippen molar-refractivity contribution in [1.82, 2.24) is 9.88 Å². The summed E-state index contributed by atoms with van der Waals surface area (Å²) in [6.07, 6.45) is 1.80. The van der Waals surface area contributed by atoms with Crippen LogP contribution in [0.15, 0.2) is 48.7 Å². The number of nitrogens with zero attached hydrogens (tertiary/aromatic N) is 2. The number of rotatable bonds is 5. The van der Waals surface area contributed by atoms with Gasteiger partial charge in [0.2, 0.25) is 0 Å². The summed E-state index contributed by atoms with van der Waals surface area (Å²) < 4.78 is 5.31. The van der Waals surface area contributed by atoms with Gasteiger partial charge in [-0.15, -0.1) is 0 Å². The molecule has 1 aromatic heterocycles. The average molecular weight is 400 g/mol. The number of piperazine rings is 1. The van der Waals surface area contributed by atoms with E-state index in [1.807, 2.05) is 47.4 Å². The second kappa shape index (κ2) is 7.73. The standard InChI is InChI=1S/C21H22ClN3O3/c1-28-16-5-6-19-17(12-16)18(13-23-19)20(21(26)27)25-9-7-24(8-10-25)15-4-2-3-14(22)11-15/h2-6,11-13,20,23H,7-10H2,1H3,(H,26,27)/t20-/m1/s1. The number of fused-ring (bicyclic) bond motifs is 1. The van der Waals surface area contributed by atoms with Crippen molar-refractivity contribution in [3.8, 4) is 5.75 Å². The molecule has 0 spiro atoms. The third-order valence-electron chi connectivity index (χ3n) is 5.30. The number of carboxylic acid groups (broad SMARTS) is 1.